The highest BCUT2D eigenvalue weighted by Crippen LogP contribution is 2.59. The maximum atomic E-state index is 12.9. The monoisotopic (exact) mass is 382 g/mol. The molecule has 2 heterocycles. The van der Waals surface area contributed by atoms with Gasteiger partial charge in [-0.3, -0.25) is 4.79 Å². The Labute approximate surface area is 166 Å². The van der Waals surface area contributed by atoms with Crippen LogP contribution in [0.1, 0.15) is 57.6 Å². The number of alkyl carbamates (subject to hydrolysis) is 1. The van der Waals surface area contributed by atoms with Crippen LogP contribution in [-0.4, -0.2) is 42.1 Å². The van der Waals surface area contributed by atoms with Crippen LogP contribution < -0.4 is 5.32 Å². The van der Waals surface area contributed by atoms with Crippen molar-refractivity contribution in [3.05, 3.63) is 35.4 Å². The van der Waals surface area contributed by atoms with Crippen LogP contribution in [0.25, 0.3) is 0 Å². The van der Waals surface area contributed by atoms with Gasteiger partial charge in [0.25, 0.3) is 0 Å². The first kappa shape index (κ1) is 18.0. The number of carbonyl (C=O) groups excluding carboxylic acids is 2. The number of fused-ring (bicyclic) bond motifs is 1. The molecule has 4 aliphatic rings. The third kappa shape index (κ3) is 2.73. The summed E-state index contributed by atoms with van der Waals surface area (Å²) >= 11 is 0. The zero-order chi connectivity index (χ0) is 19.7. The maximum absolute atomic E-state index is 12.9. The highest BCUT2D eigenvalue weighted by molar-refractivity contribution is 5.82. The summed E-state index contributed by atoms with van der Waals surface area (Å²) in [5, 5.41) is 2.88. The number of amides is 2. The van der Waals surface area contributed by atoms with E-state index >= 15 is 0 Å². The number of cyclic esters (lactones) is 1. The molecule has 1 aromatic rings. The van der Waals surface area contributed by atoms with Gasteiger partial charge in [0.05, 0.1) is 5.54 Å². The summed E-state index contributed by atoms with van der Waals surface area (Å²) < 4.78 is 5.02. The van der Waals surface area contributed by atoms with Crippen molar-refractivity contribution in [3.63, 3.8) is 0 Å². The largest absolute Gasteiger partial charge is 0.447 e. The molecule has 2 atom stereocenters. The van der Waals surface area contributed by atoms with Crippen LogP contribution in [0.3, 0.4) is 0 Å². The van der Waals surface area contributed by atoms with Crippen molar-refractivity contribution in [1.29, 1.82) is 0 Å². The molecule has 150 valence electrons. The Morgan fingerprint density at radius 3 is 2.46 bits per heavy atom. The number of benzene rings is 1. The quantitative estimate of drug-likeness (QED) is 0.853. The molecule has 2 saturated heterocycles. The smallest absolute Gasteiger partial charge is 0.407 e. The number of piperidine rings is 1. The second-order valence-electron chi connectivity index (χ2n) is 10.5. The molecule has 5 heteroatoms. The molecule has 2 aliphatic heterocycles. The van der Waals surface area contributed by atoms with Gasteiger partial charge in [0.1, 0.15) is 6.61 Å². The van der Waals surface area contributed by atoms with Crippen molar-refractivity contribution in [2.75, 3.05) is 19.7 Å². The Kier molecular flexibility index (Phi) is 3.69. The van der Waals surface area contributed by atoms with E-state index in [0.29, 0.717) is 17.9 Å². The molecular formula is C23H30N2O3. The first-order valence-corrected chi connectivity index (χ1v) is 10.6. The van der Waals surface area contributed by atoms with E-state index in [1.807, 2.05) is 0 Å². The highest BCUT2D eigenvalue weighted by atomic mass is 16.6. The fourth-order valence-corrected chi connectivity index (χ4v) is 5.65. The lowest BCUT2D eigenvalue weighted by Crippen LogP contribution is -2.58. The minimum atomic E-state index is -0.343. The van der Waals surface area contributed by atoms with E-state index in [0.717, 1.165) is 32.4 Å². The van der Waals surface area contributed by atoms with Crippen LogP contribution in [-0.2, 0) is 20.4 Å². The first-order chi connectivity index (χ1) is 13.2. The number of carbonyl (C=O) groups is 2. The van der Waals surface area contributed by atoms with Crippen LogP contribution in [0.2, 0.25) is 0 Å². The fourth-order valence-electron chi connectivity index (χ4n) is 5.65. The molecule has 4 fully saturated rings. The van der Waals surface area contributed by atoms with Crippen LogP contribution in [0.5, 0.6) is 0 Å². The van der Waals surface area contributed by atoms with Gasteiger partial charge in [0.15, 0.2) is 0 Å². The Hall–Kier alpha value is -2.04. The highest BCUT2D eigenvalue weighted by Gasteiger charge is 2.59. The molecule has 2 amide bonds. The lowest BCUT2D eigenvalue weighted by atomic mass is 9.68. The summed E-state index contributed by atoms with van der Waals surface area (Å²) in [5.74, 6) is 0.906. The van der Waals surface area contributed by atoms with Gasteiger partial charge in [-0.05, 0) is 48.1 Å². The molecule has 2 saturated carbocycles. The molecule has 28 heavy (non-hydrogen) atoms. The summed E-state index contributed by atoms with van der Waals surface area (Å²) in [6, 6.07) is 9.19. The first-order valence-electron chi connectivity index (χ1n) is 10.6. The summed E-state index contributed by atoms with van der Waals surface area (Å²) in [6.07, 6.45) is 3.36. The van der Waals surface area contributed by atoms with Gasteiger partial charge in [-0.15, -0.1) is 0 Å². The molecule has 1 spiro atoms. The second kappa shape index (κ2) is 5.74. The molecule has 0 bridgehead atoms. The maximum Gasteiger partial charge on any atom is 0.407 e. The molecular weight excluding hydrogens is 352 g/mol. The molecule has 1 N–H and O–H groups in total. The van der Waals surface area contributed by atoms with Gasteiger partial charge in [-0.25, -0.2) is 4.79 Å². The summed E-state index contributed by atoms with van der Waals surface area (Å²) in [4.78, 5) is 26.3. The second-order valence-corrected chi connectivity index (χ2v) is 10.5. The molecule has 5 nitrogen and oxygen atoms in total. The predicted octanol–water partition coefficient (Wildman–Crippen LogP) is 3.36. The van der Waals surface area contributed by atoms with E-state index in [1.54, 1.807) is 0 Å². The standard InChI is InChI=1S/C23H30N2O3/c1-21(2,3)16-4-6-17(7-5-16)23-8-9-25(13-18(23)12-23)19(26)15-10-22(11-15)14-28-20(27)24-22/h4-7,15,18H,8-14H2,1-3H3,(H,24,27). The van der Waals surface area contributed by atoms with Gasteiger partial charge in [-0.2, -0.15) is 0 Å². The van der Waals surface area contributed by atoms with Gasteiger partial charge in [0, 0.05) is 24.4 Å². The van der Waals surface area contributed by atoms with Crippen molar-refractivity contribution < 1.29 is 14.3 Å². The van der Waals surface area contributed by atoms with Gasteiger partial charge >= 0.3 is 6.09 Å². The number of ether oxygens (including phenoxy) is 1. The molecule has 1 aromatic carbocycles. The van der Waals surface area contributed by atoms with E-state index in [4.69, 9.17) is 4.74 Å². The normalized spacial score (nSPS) is 36.4. The van der Waals surface area contributed by atoms with E-state index in [-0.39, 0.29) is 28.9 Å². The average Bonchev–Trinajstić information content (AvgIpc) is 3.25. The lowest BCUT2D eigenvalue weighted by molar-refractivity contribution is -0.142. The number of rotatable bonds is 2. The third-order valence-electron chi connectivity index (χ3n) is 7.61. The summed E-state index contributed by atoms with van der Waals surface area (Å²) in [6.45, 7) is 8.88. The minimum Gasteiger partial charge on any atom is -0.447 e. The number of hydrogen-bond acceptors (Lipinski definition) is 3. The van der Waals surface area contributed by atoms with E-state index in [1.165, 1.54) is 17.5 Å². The molecule has 2 aliphatic carbocycles. The Morgan fingerprint density at radius 2 is 1.89 bits per heavy atom. The minimum absolute atomic E-state index is 0.0410. The number of likely N-dealkylation sites (tertiary alicyclic amines) is 1. The van der Waals surface area contributed by atoms with Crippen molar-refractivity contribution in [2.24, 2.45) is 11.8 Å². The SMILES string of the molecule is CC(C)(C)c1ccc(C23CCN(C(=O)C4CC5(COC(=O)N5)C4)CC2C3)cc1. The molecule has 5 rings (SSSR count). The molecule has 0 radical (unpaired) electrons. The lowest BCUT2D eigenvalue weighted by Gasteiger charge is -2.44. The zero-order valence-electron chi connectivity index (χ0n) is 17.1. The van der Waals surface area contributed by atoms with E-state index < -0.39 is 0 Å². The third-order valence-corrected chi connectivity index (χ3v) is 7.61. The van der Waals surface area contributed by atoms with Crippen LogP contribution in [0, 0.1) is 11.8 Å². The van der Waals surface area contributed by atoms with Crippen LogP contribution >= 0.6 is 0 Å². The Bertz CT molecular complexity index is 819. The number of nitrogens with zero attached hydrogens (tertiary/aromatic N) is 1. The van der Waals surface area contributed by atoms with E-state index in [9.17, 15) is 9.59 Å². The zero-order valence-corrected chi connectivity index (χ0v) is 17.1. The van der Waals surface area contributed by atoms with Crippen LogP contribution in [0.4, 0.5) is 4.79 Å². The fraction of sp³-hybridized carbons (Fsp3) is 0.652. The number of hydrogen-bond donors (Lipinski definition) is 1. The van der Waals surface area contributed by atoms with Crippen LogP contribution in [0.15, 0.2) is 24.3 Å². The Balaban J connectivity index is 1.20. The van der Waals surface area contributed by atoms with Crippen molar-refractivity contribution in [3.8, 4) is 0 Å². The van der Waals surface area contributed by atoms with Crippen molar-refractivity contribution in [1.82, 2.24) is 10.2 Å². The average molecular weight is 383 g/mol. The topological polar surface area (TPSA) is 58.6 Å². The number of nitrogens with one attached hydrogen (secondary N) is 1. The predicted molar refractivity (Wildman–Crippen MR) is 106 cm³/mol. The summed E-state index contributed by atoms with van der Waals surface area (Å²) in [7, 11) is 0. The van der Waals surface area contributed by atoms with Gasteiger partial charge in [-0.1, -0.05) is 45.0 Å². The van der Waals surface area contributed by atoms with Crippen molar-refractivity contribution in [2.45, 2.75) is 62.8 Å². The Morgan fingerprint density at radius 1 is 1.18 bits per heavy atom. The molecule has 2 unspecified atom stereocenters. The van der Waals surface area contributed by atoms with E-state index in [2.05, 4.69) is 55.3 Å². The summed E-state index contributed by atoms with van der Waals surface area (Å²) in [5.41, 5.74) is 3.02. The van der Waals surface area contributed by atoms with Gasteiger partial charge in [0.2, 0.25) is 5.91 Å². The van der Waals surface area contributed by atoms with Crippen molar-refractivity contribution >= 4 is 12.0 Å². The molecule has 0 aromatic heterocycles. The van der Waals surface area contributed by atoms with Gasteiger partial charge < -0.3 is 15.0 Å².